The second-order valence-electron chi connectivity index (χ2n) is 7.95. The molecule has 0 radical (unpaired) electrons. The summed E-state index contributed by atoms with van der Waals surface area (Å²) in [7, 11) is 0. The Labute approximate surface area is 164 Å². The smallest absolute Gasteiger partial charge is 0.274 e. The van der Waals surface area contributed by atoms with Crippen molar-refractivity contribution in [3.8, 4) is 5.69 Å². The molecule has 2 aliphatic rings. The second-order valence-corrected chi connectivity index (χ2v) is 7.95. The van der Waals surface area contributed by atoms with Crippen LogP contribution in [0.4, 0.5) is 5.69 Å². The van der Waals surface area contributed by atoms with Gasteiger partial charge >= 0.3 is 0 Å². The van der Waals surface area contributed by atoms with Gasteiger partial charge in [-0.3, -0.25) is 14.9 Å². The Morgan fingerprint density at radius 3 is 2.25 bits per heavy atom. The molecule has 1 aromatic heterocycles. The van der Waals surface area contributed by atoms with Crippen LogP contribution >= 0.6 is 0 Å². The van der Waals surface area contributed by atoms with E-state index < -0.39 is 4.92 Å². The van der Waals surface area contributed by atoms with Gasteiger partial charge in [-0.15, -0.1) is 0 Å². The molecule has 0 atom stereocenters. The maximum Gasteiger partial charge on any atom is 0.274 e. The van der Waals surface area contributed by atoms with Gasteiger partial charge in [0.05, 0.1) is 10.6 Å². The quantitative estimate of drug-likeness (QED) is 0.549. The number of benzene rings is 1. The zero-order valence-corrected chi connectivity index (χ0v) is 16.2. The van der Waals surface area contributed by atoms with Gasteiger partial charge in [0.15, 0.2) is 5.69 Å². The molecule has 2 fully saturated rings. The average Bonchev–Trinajstić information content (AvgIpc) is 3.42. The molecule has 148 valence electrons. The first-order valence-electron chi connectivity index (χ1n) is 10.2. The second kappa shape index (κ2) is 7.73. The molecule has 7 nitrogen and oxygen atoms in total. The zero-order chi connectivity index (χ0) is 19.7. The molecular weight excluding hydrogens is 356 g/mol. The highest BCUT2D eigenvalue weighted by molar-refractivity contribution is 5.93. The van der Waals surface area contributed by atoms with Crippen molar-refractivity contribution < 1.29 is 9.72 Å². The number of hydrogen-bond acceptors (Lipinski definition) is 4. The molecule has 0 spiro atoms. The van der Waals surface area contributed by atoms with Crippen LogP contribution in [0.3, 0.4) is 0 Å². The highest BCUT2D eigenvalue weighted by atomic mass is 16.6. The summed E-state index contributed by atoms with van der Waals surface area (Å²) in [6, 6.07) is 8.61. The monoisotopic (exact) mass is 382 g/mol. The minimum atomic E-state index is -0.428. The zero-order valence-electron chi connectivity index (χ0n) is 16.2. The Morgan fingerprint density at radius 2 is 1.71 bits per heavy atom. The molecule has 2 aromatic rings. The third-order valence-corrected chi connectivity index (χ3v) is 6.10. The first-order chi connectivity index (χ1) is 13.6. The molecule has 7 heteroatoms. The minimum absolute atomic E-state index is 0.0168. The number of rotatable bonds is 6. The van der Waals surface area contributed by atoms with E-state index in [1.165, 1.54) is 31.4 Å². The standard InChI is InChI=1S/C21H26N4O3/c1-2-15-3-5-17(6-4-15)24(18-9-10-18)21(26)20-13-14-23(22-20)16-7-11-19(12-8-16)25(27)28/h7-8,11-15,17-18H,2-6,9-10H2,1H3. The number of nitro benzene ring substituents is 1. The van der Waals surface area contributed by atoms with Crippen LogP contribution in [-0.2, 0) is 0 Å². The molecule has 2 aliphatic carbocycles. The predicted octanol–water partition coefficient (Wildman–Crippen LogP) is 4.35. The number of nitrogens with zero attached hydrogens (tertiary/aromatic N) is 4. The lowest BCUT2D eigenvalue weighted by Gasteiger charge is -2.36. The van der Waals surface area contributed by atoms with Gasteiger partial charge < -0.3 is 4.90 Å². The van der Waals surface area contributed by atoms with Crippen molar-refractivity contribution in [3.63, 3.8) is 0 Å². The van der Waals surface area contributed by atoms with Crippen molar-refractivity contribution in [1.82, 2.24) is 14.7 Å². The lowest BCUT2D eigenvalue weighted by molar-refractivity contribution is -0.384. The number of amides is 1. The highest BCUT2D eigenvalue weighted by Gasteiger charge is 2.39. The molecule has 1 amide bonds. The van der Waals surface area contributed by atoms with Crippen molar-refractivity contribution in [2.45, 2.75) is 64.0 Å². The van der Waals surface area contributed by atoms with Crippen LogP contribution in [0.2, 0.25) is 0 Å². The maximum absolute atomic E-state index is 13.2. The van der Waals surface area contributed by atoms with Crippen molar-refractivity contribution in [2.24, 2.45) is 5.92 Å². The van der Waals surface area contributed by atoms with Gasteiger partial charge in [0, 0.05) is 30.4 Å². The van der Waals surface area contributed by atoms with E-state index in [9.17, 15) is 14.9 Å². The van der Waals surface area contributed by atoms with Crippen molar-refractivity contribution in [1.29, 1.82) is 0 Å². The molecule has 28 heavy (non-hydrogen) atoms. The summed E-state index contributed by atoms with van der Waals surface area (Å²) in [5.74, 6) is 0.817. The summed E-state index contributed by atoms with van der Waals surface area (Å²) >= 11 is 0. The van der Waals surface area contributed by atoms with Crippen molar-refractivity contribution >= 4 is 11.6 Å². The summed E-state index contributed by atoms with van der Waals surface area (Å²) in [6.45, 7) is 2.25. The third kappa shape index (κ3) is 3.79. The Morgan fingerprint density at radius 1 is 1.11 bits per heavy atom. The highest BCUT2D eigenvalue weighted by Crippen LogP contribution is 2.37. The van der Waals surface area contributed by atoms with Crippen LogP contribution in [0, 0.1) is 16.0 Å². The molecule has 1 heterocycles. The molecule has 0 saturated heterocycles. The Balaban J connectivity index is 1.50. The van der Waals surface area contributed by atoms with Gasteiger partial charge in [-0.1, -0.05) is 13.3 Å². The molecule has 0 N–H and O–H groups in total. The topological polar surface area (TPSA) is 81.3 Å². The number of carbonyl (C=O) groups is 1. The van der Waals surface area contributed by atoms with E-state index in [0.717, 1.165) is 31.6 Å². The van der Waals surface area contributed by atoms with Crippen LogP contribution in [0.15, 0.2) is 36.5 Å². The van der Waals surface area contributed by atoms with E-state index in [-0.39, 0.29) is 11.6 Å². The third-order valence-electron chi connectivity index (χ3n) is 6.10. The summed E-state index contributed by atoms with van der Waals surface area (Å²) < 4.78 is 1.61. The Bertz CT molecular complexity index is 849. The van der Waals surface area contributed by atoms with E-state index >= 15 is 0 Å². The first-order valence-corrected chi connectivity index (χ1v) is 10.2. The van der Waals surface area contributed by atoms with E-state index in [0.29, 0.717) is 23.5 Å². The summed E-state index contributed by atoms with van der Waals surface area (Å²) in [4.78, 5) is 25.7. The summed E-state index contributed by atoms with van der Waals surface area (Å²) in [6.07, 6.45) is 9.72. The van der Waals surface area contributed by atoms with Crippen molar-refractivity contribution in [3.05, 3.63) is 52.3 Å². The number of nitro groups is 1. The van der Waals surface area contributed by atoms with Gasteiger partial charge in [0.25, 0.3) is 11.6 Å². The largest absolute Gasteiger partial charge is 0.331 e. The van der Waals surface area contributed by atoms with Gasteiger partial charge in [0.2, 0.25) is 0 Å². The normalized spacial score (nSPS) is 22.0. The number of non-ortho nitro benzene ring substituents is 1. The van der Waals surface area contributed by atoms with Crippen molar-refractivity contribution in [2.75, 3.05) is 0 Å². The molecule has 1 aromatic carbocycles. The molecular formula is C21H26N4O3. The fraction of sp³-hybridized carbons (Fsp3) is 0.524. The van der Waals surface area contributed by atoms with Gasteiger partial charge in [-0.25, -0.2) is 4.68 Å². The van der Waals surface area contributed by atoms with E-state index in [1.807, 2.05) is 0 Å². The SMILES string of the molecule is CCC1CCC(N(C(=O)c2ccn(-c3ccc([N+](=O)[O-])cc3)n2)C2CC2)CC1. The van der Waals surface area contributed by atoms with Gasteiger partial charge in [0.1, 0.15) is 0 Å². The molecule has 0 aliphatic heterocycles. The molecule has 0 bridgehead atoms. The average molecular weight is 382 g/mol. The van der Waals surface area contributed by atoms with E-state index in [4.69, 9.17) is 0 Å². The van der Waals surface area contributed by atoms with Crippen LogP contribution in [0.25, 0.3) is 5.69 Å². The Kier molecular flexibility index (Phi) is 5.15. The number of carbonyl (C=O) groups excluding carboxylic acids is 1. The molecule has 2 saturated carbocycles. The van der Waals surface area contributed by atoms with E-state index in [2.05, 4.69) is 16.9 Å². The van der Waals surface area contributed by atoms with Gasteiger partial charge in [-0.05, 0) is 62.6 Å². The fourth-order valence-corrected chi connectivity index (χ4v) is 4.25. The predicted molar refractivity (Wildman–Crippen MR) is 105 cm³/mol. The van der Waals surface area contributed by atoms with Crippen LogP contribution in [0.1, 0.15) is 62.4 Å². The van der Waals surface area contributed by atoms with Crippen LogP contribution < -0.4 is 0 Å². The lowest BCUT2D eigenvalue weighted by Crippen LogP contribution is -2.44. The fourth-order valence-electron chi connectivity index (χ4n) is 4.25. The number of aromatic nitrogens is 2. The Hall–Kier alpha value is -2.70. The summed E-state index contributed by atoms with van der Waals surface area (Å²) in [5, 5.41) is 15.3. The lowest BCUT2D eigenvalue weighted by atomic mass is 9.83. The first kappa shape index (κ1) is 18.7. The minimum Gasteiger partial charge on any atom is -0.331 e. The van der Waals surface area contributed by atoms with Gasteiger partial charge in [-0.2, -0.15) is 5.10 Å². The molecule has 4 rings (SSSR count). The summed E-state index contributed by atoms with van der Waals surface area (Å²) in [5.41, 5.74) is 1.18. The molecule has 0 unspecified atom stereocenters. The van der Waals surface area contributed by atoms with E-state index in [1.54, 1.807) is 29.1 Å². The van der Waals surface area contributed by atoms with Crippen LogP contribution in [-0.4, -0.2) is 37.6 Å². The van der Waals surface area contributed by atoms with Crippen LogP contribution in [0.5, 0.6) is 0 Å². The maximum atomic E-state index is 13.2. The number of hydrogen-bond donors (Lipinski definition) is 0.